The second kappa shape index (κ2) is 35.6. The summed E-state index contributed by atoms with van der Waals surface area (Å²) in [6, 6.07) is 69.7. The average Bonchev–Trinajstić information content (AvgIpc) is 1.58. The first kappa shape index (κ1) is 86.7. The Balaban J connectivity index is 0.000000140. The van der Waals surface area contributed by atoms with Crippen molar-refractivity contribution in [1.29, 1.82) is 0 Å². The zero-order valence-corrected chi connectivity index (χ0v) is 73.5. The Morgan fingerprint density at radius 2 is 0.697 bits per heavy atom. The smallest absolute Gasteiger partial charge is 0.263 e. The number of anilines is 4. The first-order chi connectivity index (χ1) is 57.9. The lowest BCUT2D eigenvalue weighted by Gasteiger charge is -2.19. The Morgan fingerprint density at radius 3 is 1.07 bits per heavy atom. The highest BCUT2D eigenvalue weighted by Gasteiger charge is 2.26. The fraction of sp³-hybridized carbons (Fsp3) is 0.217. The molecule has 4 N–H and O–H groups in total. The number of ether oxygens (including phenoxy) is 2. The molecule has 0 aliphatic heterocycles. The number of sulfonamides is 4. The van der Waals surface area contributed by atoms with Gasteiger partial charge in [0.25, 0.3) is 40.1 Å². The molecule has 8 aromatic carbocycles. The number of aromatic nitrogens is 12. The molecule has 0 amide bonds. The van der Waals surface area contributed by atoms with Crippen molar-refractivity contribution in [2.24, 2.45) is 5.92 Å². The maximum Gasteiger partial charge on any atom is 0.263 e. The molecule has 122 heavy (non-hydrogen) atoms. The second-order valence-electron chi connectivity index (χ2n) is 32.0. The van der Waals surface area contributed by atoms with Crippen LogP contribution >= 0.6 is 0 Å². The summed E-state index contributed by atoms with van der Waals surface area (Å²) >= 11 is 0. The van der Waals surface area contributed by atoms with Gasteiger partial charge >= 0.3 is 0 Å². The SMILES string of the molecule is Cc1cc(NS(=O)(=O)c2ccc(C(C)(C)C)cc2)n(-c2cccc3cnccc23)n1.Cc1cc(NS(=O)(=O)c2ccc(OC(C)C)cc2)n(-c2cccc3ncccc23)n1.Cc1cc(NS(=O)(=O)c2ccc(OCC(C)C)cc2)n(-c2cccc3ncccc23)n1.Cc1ccc2c(-n3nc(C)cc3NS(=O)(=O)c3ccc(C(C)(C)C)cc3)cccc2n1. The van der Waals surface area contributed by atoms with Gasteiger partial charge in [-0.05, 0) is 234 Å². The van der Waals surface area contributed by atoms with E-state index in [1.807, 2.05) is 188 Å². The molecule has 30 heteroatoms. The number of fused-ring (bicyclic) bond motifs is 4. The Labute approximate surface area is 711 Å². The van der Waals surface area contributed by atoms with Crippen molar-refractivity contribution in [2.45, 2.75) is 140 Å². The van der Waals surface area contributed by atoms with E-state index >= 15 is 0 Å². The van der Waals surface area contributed by atoms with Gasteiger partial charge in [-0.3, -0.25) is 38.8 Å². The third kappa shape index (κ3) is 20.5. The Kier molecular flexibility index (Phi) is 25.3. The highest BCUT2D eigenvalue weighted by Crippen LogP contribution is 2.34. The van der Waals surface area contributed by atoms with E-state index < -0.39 is 40.1 Å². The predicted molar refractivity (Wildman–Crippen MR) is 482 cm³/mol. The molecule has 0 unspecified atom stereocenters. The van der Waals surface area contributed by atoms with Crippen molar-refractivity contribution < 1.29 is 43.1 Å². The minimum absolute atomic E-state index is 0.0121. The lowest BCUT2D eigenvalue weighted by Crippen LogP contribution is -2.17. The van der Waals surface area contributed by atoms with E-state index in [0.29, 0.717) is 70.1 Å². The summed E-state index contributed by atoms with van der Waals surface area (Å²) in [5.74, 6) is 3.12. The van der Waals surface area contributed by atoms with Gasteiger partial charge in [0, 0.05) is 81.7 Å². The second-order valence-corrected chi connectivity index (χ2v) is 38.7. The van der Waals surface area contributed by atoms with Crippen molar-refractivity contribution in [3.05, 3.63) is 301 Å². The van der Waals surface area contributed by atoms with Gasteiger partial charge in [0.2, 0.25) is 0 Å². The number of hydrogen-bond donors (Lipinski definition) is 4. The molecule has 16 rings (SSSR count). The first-order valence-corrected chi connectivity index (χ1v) is 45.3. The maximum absolute atomic E-state index is 13.1. The molecule has 0 atom stereocenters. The van der Waals surface area contributed by atoms with E-state index in [-0.39, 0.29) is 36.5 Å². The molecule has 0 fully saturated rings. The molecular weight excluding hydrogens is 1620 g/mol. The Morgan fingerprint density at radius 1 is 0.352 bits per heavy atom. The normalized spacial score (nSPS) is 12.0. The topological polar surface area (TPSA) is 326 Å². The molecule has 0 aliphatic rings. The lowest BCUT2D eigenvalue weighted by molar-refractivity contribution is 0.242. The maximum atomic E-state index is 13.1. The molecule has 0 saturated heterocycles. The van der Waals surface area contributed by atoms with Gasteiger partial charge in [-0.15, -0.1) is 0 Å². The molecule has 0 radical (unpaired) electrons. The van der Waals surface area contributed by atoms with Gasteiger partial charge in [-0.1, -0.05) is 110 Å². The highest BCUT2D eigenvalue weighted by atomic mass is 32.2. The average molecular weight is 1710 g/mol. The van der Waals surface area contributed by atoms with Gasteiger partial charge in [0.1, 0.15) is 34.8 Å². The van der Waals surface area contributed by atoms with Crippen LogP contribution < -0.4 is 28.4 Å². The van der Waals surface area contributed by atoms with Crippen LogP contribution in [-0.4, -0.2) is 105 Å². The highest BCUT2D eigenvalue weighted by molar-refractivity contribution is 7.93. The molecule has 8 heterocycles. The van der Waals surface area contributed by atoms with Crippen LogP contribution in [0.4, 0.5) is 23.3 Å². The summed E-state index contributed by atoms with van der Waals surface area (Å²) in [5.41, 5.74) is 11.2. The van der Waals surface area contributed by atoms with Crippen LogP contribution in [0.2, 0.25) is 0 Å². The fourth-order valence-electron chi connectivity index (χ4n) is 13.3. The van der Waals surface area contributed by atoms with E-state index in [9.17, 15) is 33.7 Å². The van der Waals surface area contributed by atoms with Crippen LogP contribution in [0, 0.1) is 40.5 Å². The third-order valence-corrected chi connectivity index (χ3v) is 24.7. The number of nitrogens with zero attached hydrogens (tertiary/aromatic N) is 12. The van der Waals surface area contributed by atoms with E-state index in [0.717, 1.165) is 83.1 Å². The van der Waals surface area contributed by atoms with Crippen LogP contribution in [0.1, 0.15) is 109 Å². The summed E-state index contributed by atoms with van der Waals surface area (Å²) in [7, 11) is -15.2. The molecule has 0 spiro atoms. The van der Waals surface area contributed by atoms with Crippen LogP contribution in [0.5, 0.6) is 11.5 Å². The van der Waals surface area contributed by atoms with Gasteiger partial charge in [-0.2, -0.15) is 20.4 Å². The molecule has 0 bridgehead atoms. The quantitative estimate of drug-likeness (QED) is 0.0519. The van der Waals surface area contributed by atoms with E-state index in [4.69, 9.17) is 9.47 Å². The number of hydrogen-bond acceptors (Lipinski definition) is 18. The Bertz CT molecular complexity index is 6950. The van der Waals surface area contributed by atoms with Gasteiger partial charge in [0.15, 0.2) is 0 Å². The van der Waals surface area contributed by atoms with E-state index in [1.54, 1.807) is 116 Å². The van der Waals surface area contributed by atoms with Gasteiger partial charge < -0.3 is 9.47 Å². The Hall–Kier alpha value is -13.2. The van der Waals surface area contributed by atoms with Gasteiger partial charge in [0.05, 0.1) is 94.4 Å². The standard InChI is InChI=1S/C24H26N4O2S.C23H24N4O3S.C23H24N4O2S.C22H22N4O3S/c1-16-9-14-20-21(25-16)7-6-8-22(20)28-23(15-17(2)26-28)27-31(29,30)19-12-10-18(11-13-19)24(3,4)5;1-16(2)15-30-18-9-11-19(12-10-18)31(28,29)26-23-14-17(3)25-27(23)22-8-4-7-21-20(22)6-5-13-24-21;1-16-14-22(26-30(28,29)19-10-8-18(9-11-19)23(2,3)4)27(25-16)21-7-5-6-17-15-24-13-12-20(17)21;1-15(2)29-17-9-11-18(12-10-17)30(27,28)25-22-14-16(3)24-26(22)21-8-4-7-20-19(21)6-5-13-23-20/h6-15,27H,1-5H3;4-14,16,26H,15H2,1-3H3;5-15,26H,1-4H3;4-15,25H,1-3H3. The lowest BCUT2D eigenvalue weighted by atomic mass is 9.87. The molecule has 16 aromatic rings. The number of benzene rings is 8. The van der Waals surface area contributed by atoms with Crippen molar-refractivity contribution in [2.75, 3.05) is 25.5 Å². The van der Waals surface area contributed by atoms with Crippen LogP contribution in [0.15, 0.2) is 281 Å². The van der Waals surface area contributed by atoms with Crippen molar-refractivity contribution in [3.8, 4) is 34.2 Å². The largest absolute Gasteiger partial charge is 0.493 e. The summed E-state index contributed by atoms with van der Waals surface area (Å²) in [6.45, 7) is 30.3. The zero-order valence-electron chi connectivity index (χ0n) is 70.3. The molecular formula is C92H96N16O10S4. The third-order valence-electron chi connectivity index (χ3n) is 19.2. The van der Waals surface area contributed by atoms with Crippen LogP contribution in [-0.2, 0) is 50.9 Å². The molecule has 0 saturated carbocycles. The summed E-state index contributed by atoms with van der Waals surface area (Å²) < 4.78 is 133. The summed E-state index contributed by atoms with van der Waals surface area (Å²) in [5, 5.41) is 22.6. The minimum Gasteiger partial charge on any atom is -0.493 e. The number of rotatable bonds is 21. The number of aryl methyl sites for hydroxylation is 5. The van der Waals surface area contributed by atoms with Crippen molar-refractivity contribution in [3.63, 3.8) is 0 Å². The van der Waals surface area contributed by atoms with Crippen molar-refractivity contribution in [1.82, 2.24) is 59.1 Å². The van der Waals surface area contributed by atoms with Crippen LogP contribution in [0.25, 0.3) is 66.2 Å². The number of pyridine rings is 4. The first-order valence-electron chi connectivity index (χ1n) is 39.3. The molecule has 26 nitrogen and oxygen atoms in total. The van der Waals surface area contributed by atoms with Crippen molar-refractivity contribution >= 4 is 107 Å². The summed E-state index contributed by atoms with van der Waals surface area (Å²) in [6.07, 6.45) is 6.94. The van der Waals surface area contributed by atoms with E-state index in [1.165, 1.54) is 24.3 Å². The van der Waals surface area contributed by atoms with Gasteiger partial charge in [-0.25, -0.2) is 52.4 Å². The van der Waals surface area contributed by atoms with Crippen LogP contribution in [0.3, 0.4) is 0 Å². The number of nitrogens with one attached hydrogen (secondary N) is 4. The molecule has 628 valence electrons. The summed E-state index contributed by atoms with van der Waals surface area (Å²) in [4.78, 5) is 18.2. The fourth-order valence-corrected chi connectivity index (χ4v) is 17.4. The minimum atomic E-state index is -3.81. The molecule has 8 aromatic heterocycles. The molecule has 0 aliphatic carbocycles. The monoisotopic (exact) mass is 1710 g/mol. The zero-order chi connectivity index (χ0) is 87.2. The van der Waals surface area contributed by atoms with E-state index in [2.05, 4.69) is 115 Å². The predicted octanol–water partition coefficient (Wildman–Crippen LogP) is 18.8.